The third-order valence-electron chi connectivity index (χ3n) is 3.60. The second kappa shape index (κ2) is 5.76. The van der Waals surface area contributed by atoms with Crippen LogP contribution in [0.1, 0.15) is 44.9 Å². The molecule has 0 radical (unpaired) electrons. The highest BCUT2D eigenvalue weighted by molar-refractivity contribution is 6.31. The summed E-state index contributed by atoms with van der Waals surface area (Å²) in [6.07, 6.45) is 0.405. The average Bonchev–Trinajstić information content (AvgIpc) is 2.37. The van der Waals surface area contributed by atoms with Gasteiger partial charge in [-0.3, -0.25) is 0 Å². The lowest BCUT2D eigenvalue weighted by atomic mass is 9.93. The number of carbonyl (C=O) groups is 1. The summed E-state index contributed by atoms with van der Waals surface area (Å²) in [6, 6.07) is 3.55. The van der Waals surface area contributed by atoms with E-state index in [1.54, 1.807) is 12.0 Å². The third-order valence-corrected chi connectivity index (χ3v) is 3.93. The van der Waals surface area contributed by atoms with Crippen LogP contribution in [0.15, 0.2) is 12.1 Å². The molecule has 1 amide bonds. The van der Waals surface area contributed by atoms with Crippen molar-refractivity contribution >= 4 is 17.7 Å². The van der Waals surface area contributed by atoms with Crippen molar-refractivity contribution in [1.29, 1.82) is 0 Å². The largest absolute Gasteiger partial charge is 0.496 e. The van der Waals surface area contributed by atoms with Gasteiger partial charge in [-0.15, -0.1) is 0 Å². The lowest BCUT2D eigenvalue weighted by Crippen LogP contribution is -2.42. The first-order chi connectivity index (χ1) is 9.74. The monoisotopic (exact) mass is 311 g/mol. The molecule has 2 rings (SSSR count). The summed E-state index contributed by atoms with van der Waals surface area (Å²) < 4.78 is 10.9. The molecule has 116 valence electrons. The van der Waals surface area contributed by atoms with Crippen LogP contribution in [0.4, 0.5) is 4.79 Å². The summed E-state index contributed by atoms with van der Waals surface area (Å²) in [7, 11) is 1.65. The van der Waals surface area contributed by atoms with Crippen molar-refractivity contribution in [2.24, 2.45) is 0 Å². The molecule has 0 aromatic heterocycles. The summed E-state index contributed by atoms with van der Waals surface area (Å²) in [6.45, 7) is 8.16. The Kier molecular flexibility index (Phi) is 4.38. The van der Waals surface area contributed by atoms with E-state index in [0.29, 0.717) is 18.0 Å². The molecule has 1 atom stereocenters. The topological polar surface area (TPSA) is 38.8 Å². The van der Waals surface area contributed by atoms with E-state index in [0.717, 1.165) is 16.9 Å². The van der Waals surface area contributed by atoms with Crippen molar-refractivity contribution in [1.82, 2.24) is 4.90 Å². The highest BCUT2D eigenvalue weighted by atomic mass is 35.5. The Labute approximate surface area is 131 Å². The number of fused-ring (bicyclic) bond motifs is 1. The summed E-state index contributed by atoms with van der Waals surface area (Å²) >= 11 is 6.33. The van der Waals surface area contributed by atoms with Crippen molar-refractivity contribution in [3.63, 3.8) is 0 Å². The normalized spacial score (nSPS) is 18.2. The van der Waals surface area contributed by atoms with Crippen LogP contribution in [0.2, 0.25) is 5.02 Å². The molecule has 1 aromatic carbocycles. The van der Waals surface area contributed by atoms with Crippen molar-refractivity contribution in [3.8, 4) is 5.75 Å². The fourth-order valence-electron chi connectivity index (χ4n) is 2.67. The number of amides is 1. The number of ether oxygens (including phenoxy) is 2. The molecule has 1 aliphatic rings. The van der Waals surface area contributed by atoms with Crippen molar-refractivity contribution < 1.29 is 14.3 Å². The number of nitrogens with zero attached hydrogens (tertiary/aromatic N) is 1. The van der Waals surface area contributed by atoms with Crippen LogP contribution in [0.3, 0.4) is 0 Å². The fraction of sp³-hybridized carbons (Fsp3) is 0.562. The highest BCUT2D eigenvalue weighted by Gasteiger charge is 2.33. The molecule has 4 nitrogen and oxygen atoms in total. The first kappa shape index (κ1) is 16.0. The zero-order chi connectivity index (χ0) is 15.8. The van der Waals surface area contributed by atoms with Crippen LogP contribution in [-0.4, -0.2) is 30.2 Å². The van der Waals surface area contributed by atoms with Gasteiger partial charge >= 0.3 is 6.09 Å². The van der Waals surface area contributed by atoms with Crippen molar-refractivity contribution in [2.45, 2.75) is 45.8 Å². The number of carbonyl (C=O) groups excluding carboxylic acids is 1. The van der Waals surface area contributed by atoms with Gasteiger partial charge in [0.05, 0.1) is 13.2 Å². The van der Waals surface area contributed by atoms with Gasteiger partial charge in [-0.25, -0.2) is 4.79 Å². The quantitative estimate of drug-likeness (QED) is 0.780. The van der Waals surface area contributed by atoms with Gasteiger partial charge in [0.1, 0.15) is 11.4 Å². The second-order valence-corrected chi connectivity index (χ2v) is 6.65. The molecule has 1 heterocycles. The Balaban J connectivity index is 2.32. The predicted molar refractivity (Wildman–Crippen MR) is 83.1 cm³/mol. The average molecular weight is 312 g/mol. The lowest BCUT2D eigenvalue weighted by molar-refractivity contribution is 0.0159. The molecule has 0 saturated heterocycles. The van der Waals surface area contributed by atoms with E-state index in [1.165, 1.54) is 0 Å². The van der Waals surface area contributed by atoms with E-state index in [1.807, 2.05) is 39.8 Å². The Bertz CT molecular complexity index is 551. The SMILES string of the molecule is COc1ccc(Cl)c2c1CCN(C(=O)OC(C)(C)C)[C@H]2C. The summed E-state index contributed by atoms with van der Waals surface area (Å²) in [5.74, 6) is 0.824. The minimum absolute atomic E-state index is 0.133. The van der Waals surface area contributed by atoms with Crippen LogP contribution in [0.5, 0.6) is 5.75 Å². The van der Waals surface area contributed by atoms with Gasteiger partial charge < -0.3 is 14.4 Å². The molecule has 0 spiro atoms. The lowest BCUT2D eigenvalue weighted by Gasteiger charge is -2.37. The van der Waals surface area contributed by atoms with E-state index in [4.69, 9.17) is 21.1 Å². The molecular weight excluding hydrogens is 290 g/mol. The van der Waals surface area contributed by atoms with E-state index in [2.05, 4.69) is 0 Å². The maximum Gasteiger partial charge on any atom is 0.410 e. The molecule has 0 fully saturated rings. The Morgan fingerprint density at radius 1 is 1.38 bits per heavy atom. The van der Waals surface area contributed by atoms with Crippen LogP contribution >= 0.6 is 11.6 Å². The van der Waals surface area contributed by atoms with E-state index < -0.39 is 5.60 Å². The Hall–Kier alpha value is -1.42. The zero-order valence-electron chi connectivity index (χ0n) is 13.2. The first-order valence-electron chi connectivity index (χ1n) is 7.09. The van der Waals surface area contributed by atoms with Gasteiger partial charge in [0.2, 0.25) is 0 Å². The number of hydrogen-bond donors (Lipinski definition) is 0. The minimum atomic E-state index is -0.505. The molecular formula is C16H22ClNO3. The molecule has 0 unspecified atom stereocenters. The summed E-state index contributed by atoms with van der Waals surface area (Å²) in [5, 5.41) is 0.659. The van der Waals surface area contributed by atoms with Gasteiger partial charge in [0.25, 0.3) is 0 Å². The maximum atomic E-state index is 12.3. The highest BCUT2D eigenvalue weighted by Crippen LogP contribution is 2.39. The summed E-state index contributed by atoms with van der Waals surface area (Å²) in [5.41, 5.74) is 1.53. The van der Waals surface area contributed by atoms with Crippen LogP contribution in [0.25, 0.3) is 0 Å². The van der Waals surface area contributed by atoms with Gasteiger partial charge in [-0.1, -0.05) is 11.6 Å². The summed E-state index contributed by atoms with van der Waals surface area (Å²) in [4.78, 5) is 14.1. The Morgan fingerprint density at radius 3 is 2.62 bits per heavy atom. The molecule has 0 aliphatic carbocycles. The minimum Gasteiger partial charge on any atom is -0.496 e. The molecule has 1 aliphatic heterocycles. The van der Waals surface area contributed by atoms with Crippen molar-refractivity contribution in [3.05, 3.63) is 28.3 Å². The number of rotatable bonds is 1. The van der Waals surface area contributed by atoms with Crippen LogP contribution in [-0.2, 0) is 11.2 Å². The van der Waals surface area contributed by atoms with Crippen molar-refractivity contribution in [2.75, 3.05) is 13.7 Å². The van der Waals surface area contributed by atoms with E-state index >= 15 is 0 Å². The number of benzene rings is 1. The molecule has 0 N–H and O–H groups in total. The van der Waals surface area contributed by atoms with Gasteiger partial charge in [0, 0.05) is 22.7 Å². The molecule has 0 bridgehead atoms. The van der Waals surface area contributed by atoms with Gasteiger partial charge in [-0.2, -0.15) is 0 Å². The predicted octanol–water partition coefficient (Wildman–Crippen LogP) is 4.20. The van der Waals surface area contributed by atoms with E-state index in [-0.39, 0.29) is 12.1 Å². The van der Waals surface area contributed by atoms with Crippen LogP contribution in [0, 0.1) is 0 Å². The maximum absolute atomic E-state index is 12.3. The number of hydrogen-bond acceptors (Lipinski definition) is 3. The van der Waals surface area contributed by atoms with Crippen LogP contribution < -0.4 is 4.74 Å². The number of methoxy groups -OCH3 is 1. The molecule has 1 aromatic rings. The Morgan fingerprint density at radius 2 is 2.05 bits per heavy atom. The molecule has 5 heteroatoms. The standard InChI is InChI=1S/C16H22ClNO3/c1-10-14-11(13(20-5)7-6-12(14)17)8-9-18(10)15(19)21-16(2,3)4/h6-7,10H,8-9H2,1-5H3/t10-/m0/s1. The van der Waals surface area contributed by atoms with Gasteiger partial charge in [0.15, 0.2) is 0 Å². The molecule has 0 saturated carbocycles. The first-order valence-corrected chi connectivity index (χ1v) is 7.47. The second-order valence-electron chi connectivity index (χ2n) is 6.24. The number of halogens is 1. The zero-order valence-corrected chi connectivity index (χ0v) is 14.0. The smallest absolute Gasteiger partial charge is 0.410 e. The van der Waals surface area contributed by atoms with E-state index in [9.17, 15) is 4.79 Å². The molecule has 21 heavy (non-hydrogen) atoms. The fourth-order valence-corrected chi connectivity index (χ4v) is 3.00. The van der Waals surface area contributed by atoms with Gasteiger partial charge in [-0.05, 0) is 46.2 Å². The third kappa shape index (κ3) is 3.26.